The number of benzene rings is 1. The number of carbonyl (C=O) groups is 1. The van der Waals surface area contributed by atoms with E-state index in [4.69, 9.17) is 0 Å². The van der Waals surface area contributed by atoms with E-state index in [1.165, 1.54) is 12.1 Å². The van der Waals surface area contributed by atoms with Crippen molar-refractivity contribution < 1.29 is 22.7 Å². The van der Waals surface area contributed by atoms with Crippen LogP contribution in [0.4, 0.5) is 23.7 Å². The number of alkyl halides is 3. The molecule has 0 bridgehead atoms. The summed E-state index contributed by atoms with van der Waals surface area (Å²) >= 11 is 0. The third-order valence-electron chi connectivity index (χ3n) is 4.45. The highest BCUT2D eigenvalue weighted by atomic mass is 19.4. The van der Waals surface area contributed by atoms with Gasteiger partial charge in [-0.25, -0.2) is 4.79 Å². The molecule has 1 aromatic carbocycles. The fourth-order valence-corrected chi connectivity index (χ4v) is 3.08. The minimum Gasteiger partial charge on any atom is -0.406 e. The van der Waals surface area contributed by atoms with Crippen LogP contribution in [0.1, 0.15) is 12.0 Å². The van der Waals surface area contributed by atoms with E-state index >= 15 is 0 Å². The lowest BCUT2D eigenvalue weighted by atomic mass is 10.1. The standard InChI is InChI=1S/C19H21F3N4O2/c20-19(21,22)28-17-5-3-16(4-6-17)26-9-7-15(13-26)12-25-18(27)24-11-14-2-1-8-23-10-14/h1-6,8,10,15H,7,9,11-13H2,(H2,24,25,27)/t15-/m1/s1. The third-order valence-corrected chi connectivity index (χ3v) is 4.45. The van der Waals surface area contributed by atoms with Gasteiger partial charge in [0.15, 0.2) is 0 Å². The molecule has 0 aliphatic carbocycles. The number of urea groups is 1. The van der Waals surface area contributed by atoms with Crippen LogP contribution in [0.3, 0.4) is 0 Å². The zero-order chi connectivity index (χ0) is 20.0. The molecule has 9 heteroatoms. The van der Waals surface area contributed by atoms with Crippen molar-refractivity contribution in [3.63, 3.8) is 0 Å². The van der Waals surface area contributed by atoms with E-state index in [2.05, 4.69) is 25.3 Å². The average Bonchev–Trinajstić information content (AvgIpc) is 3.14. The predicted molar refractivity (Wildman–Crippen MR) is 97.9 cm³/mol. The average molecular weight is 394 g/mol. The molecule has 1 aliphatic rings. The lowest BCUT2D eigenvalue weighted by molar-refractivity contribution is -0.274. The van der Waals surface area contributed by atoms with Crippen LogP contribution >= 0.6 is 0 Å². The van der Waals surface area contributed by atoms with Crippen molar-refractivity contribution in [2.75, 3.05) is 24.5 Å². The molecule has 2 aromatic rings. The summed E-state index contributed by atoms with van der Waals surface area (Å²) in [7, 11) is 0. The molecular formula is C19H21F3N4O2. The van der Waals surface area contributed by atoms with Gasteiger partial charge in [-0.2, -0.15) is 0 Å². The van der Waals surface area contributed by atoms with Crippen molar-refractivity contribution in [2.24, 2.45) is 5.92 Å². The van der Waals surface area contributed by atoms with Crippen LogP contribution in [0.5, 0.6) is 5.75 Å². The van der Waals surface area contributed by atoms with Crippen molar-refractivity contribution in [3.05, 3.63) is 54.4 Å². The Labute approximate surface area is 160 Å². The Kier molecular flexibility index (Phi) is 6.23. The molecule has 2 amide bonds. The summed E-state index contributed by atoms with van der Waals surface area (Å²) in [5, 5.41) is 5.64. The number of carbonyl (C=O) groups excluding carboxylic acids is 1. The maximum absolute atomic E-state index is 12.2. The molecule has 0 unspecified atom stereocenters. The summed E-state index contributed by atoms with van der Waals surface area (Å²) in [6.45, 7) is 2.44. The van der Waals surface area contributed by atoms with Crippen molar-refractivity contribution in [1.82, 2.24) is 15.6 Å². The molecule has 1 aliphatic heterocycles. The first-order valence-corrected chi connectivity index (χ1v) is 8.90. The largest absolute Gasteiger partial charge is 0.573 e. The van der Waals surface area contributed by atoms with Crippen molar-refractivity contribution >= 4 is 11.7 Å². The summed E-state index contributed by atoms with van der Waals surface area (Å²) in [6.07, 6.45) is -0.431. The number of hydrogen-bond acceptors (Lipinski definition) is 4. The van der Waals surface area contributed by atoms with Gasteiger partial charge in [-0.1, -0.05) is 6.07 Å². The Morgan fingerprint density at radius 1 is 1.21 bits per heavy atom. The Hall–Kier alpha value is -2.97. The van der Waals surface area contributed by atoms with Gasteiger partial charge in [0.05, 0.1) is 0 Å². The number of hydrogen-bond donors (Lipinski definition) is 2. The SMILES string of the molecule is O=C(NCc1cccnc1)NC[C@H]1CCN(c2ccc(OC(F)(F)F)cc2)C1. The van der Waals surface area contributed by atoms with Crippen LogP contribution < -0.4 is 20.3 Å². The van der Waals surface area contributed by atoms with Gasteiger partial charge >= 0.3 is 12.4 Å². The topological polar surface area (TPSA) is 66.5 Å². The Balaban J connectivity index is 1.41. The normalized spacial score (nSPS) is 16.7. The Morgan fingerprint density at radius 3 is 2.68 bits per heavy atom. The maximum atomic E-state index is 12.2. The number of ether oxygens (including phenoxy) is 1. The van der Waals surface area contributed by atoms with Crippen LogP contribution in [0.2, 0.25) is 0 Å². The van der Waals surface area contributed by atoms with Crippen LogP contribution in [0.15, 0.2) is 48.8 Å². The highest BCUT2D eigenvalue weighted by molar-refractivity contribution is 5.73. The quantitative estimate of drug-likeness (QED) is 0.789. The van der Waals surface area contributed by atoms with Gasteiger partial charge in [-0.15, -0.1) is 13.2 Å². The predicted octanol–water partition coefficient (Wildman–Crippen LogP) is 3.31. The summed E-state index contributed by atoms with van der Waals surface area (Å²) in [5.74, 6) is 0.0363. The van der Waals surface area contributed by atoms with E-state index in [9.17, 15) is 18.0 Å². The highest BCUT2D eigenvalue weighted by Crippen LogP contribution is 2.28. The number of nitrogens with zero attached hydrogens (tertiary/aromatic N) is 2. The minimum atomic E-state index is -4.69. The number of halogens is 3. The number of amides is 2. The van der Waals surface area contributed by atoms with E-state index in [0.29, 0.717) is 13.1 Å². The van der Waals surface area contributed by atoms with Gasteiger partial charge in [-0.3, -0.25) is 4.98 Å². The van der Waals surface area contributed by atoms with E-state index in [1.807, 2.05) is 12.1 Å². The lowest BCUT2D eigenvalue weighted by Crippen LogP contribution is -2.38. The molecule has 0 saturated carbocycles. The monoisotopic (exact) mass is 394 g/mol. The number of anilines is 1. The van der Waals surface area contributed by atoms with Gasteiger partial charge in [0.1, 0.15) is 5.75 Å². The zero-order valence-corrected chi connectivity index (χ0v) is 15.1. The second-order valence-corrected chi connectivity index (χ2v) is 6.57. The number of nitrogens with one attached hydrogen (secondary N) is 2. The Morgan fingerprint density at radius 2 is 2.00 bits per heavy atom. The van der Waals surface area contributed by atoms with Gasteiger partial charge in [-0.05, 0) is 48.2 Å². The number of pyridine rings is 1. The fourth-order valence-electron chi connectivity index (χ4n) is 3.08. The molecule has 0 radical (unpaired) electrons. The lowest BCUT2D eigenvalue weighted by Gasteiger charge is -2.19. The molecule has 3 rings (SSSR count). The molecule has 2 heterocycles. The molecule has 0 spiro atoms. The van der Waals surface area contributed by atoms with Crippen LogP contribution in [-0.2, 0) is 6.54 Å². The molecule has 150 valence electrons. The summed E-state index contributed by atoms with van der Waals surface area (Å²) in [6, 6.07) is 9.28. The summed E-state index contributed by atoms with van der Waals surface area (Å²) in [5.41, 5.74) is 1.75. The van der Waals surface area contributed by atoms with Gasteiger partial charge < -0.3 is 20.3 Å². The molecular weight excluding hydrogens is 373 g/mol. The first-order chi connectivity index (χ1) is 13.4. The first-order valence-electron chi connectivity index (χ1n) is 8.90. The van der Waals surface area contributed by atoms with Crippen molar-refractivity contribution in [3.8, 4) is 5.75 Å². The highest BCUT2D eigenvalue weighted by Gasteiger charge is 2.31. The van der Waals surface area contributed by atoms with Crippen LogP contribution in [-0.4, -0.2) is 37.0 Å². The van der Waals surface area contributed by atoms with E-state index < -0.39 is 6.36 Å². The zero-order valence-electron chi connectivity index (χ0n) is 15.1. The van der Waals surface area contributed by atoms with E-state index in [0.717, 1.165) is 30.8 Å². The molecule has 28 heavy (non-hydrogen) atoms. The summed E-state index contributed by atoms with van der Waals surface area (Å²) < 4.78 is 40.5. The molecule has 6 nitrogen and oxygen atoms in total. The summed E-state index contributed by atoms with van der Waals surface area (Å²) in [4.78, 5) is 18.0. The maximum Gasteiger partial charge on any atom is 0.573 e. The smallest absolute Gasteiger partial charge is 0.406 e. The fraction of sp³-hybridized carbons (Fsp3) is 0.368. The Bertz CT molecular complexity index is 769. The first kappa shape index (κ1) is 19.8. The second kappa shape index (κ2) is 8.81. The van der Waals surface area contributed by atoms with Crippen LogP contribution in [0.25, 0.3) is 0 Å². The molecule has 1 fully saturated rings. The second-order valence-electron chi connectivity index (χ2n) is 6.57. The van der Waals surface area contributed by atoms with Crippen LogP contribution in [0, 0.1) is 5.92 Å². The van der Waals surface area contributed by atoms with Gasteiger partial charge in [0.25, 0.3) is 0 Å². The number of rotatable bonds is 6. The van der Waals surface area contributed by atoms with E-state index in [-0.39, 0.29) is 17.7 Å². The van der Waals surface area contributed by atoms with Crippen molar-refractivity contribution in [2.45, 2.75) is 19.3 Å². The molecule has 1 aromatic heterocycles. The third kappa shape index (κ3) is 6.04. The number of aromatic nitrogens is 1. The minimum absolute atomic E-state index is 0.237. The molecule has 1 saturated heterocycles. The molecule has 2 N–H and O–H groups in total. The van der Waals surface area contributed by atoms with Crippen molar-refractivity contribution in [1.29, 1.82) is 0 Å². The molecule has 1 atom stereocenters. The van der Waals surface area contributed by atoms with Gasteiger partial charge in [0, 0.05) is 44.3 Å². The van der Waals surface area contributed by atoms with Gasteiger partial charge in [0.2, 0.25) is 0 Å². The van der Waals surface area contributed by atoms with E-state index in [1.54, 1.807) is 24.5 Å².